The van der Waals surface area contributed by atoms with Crippen LogP contribution in [0.25, 0.3) is 0 Å². The largest absolute Gasteiger partial charge is 0.370 e. The molecule has 1 N–H and O–H groups in total. The van der Waals surface area contributed by atoms with Gasteiger partial charge in [-0.3, -0.25) is 0 Å². The third-order valence-corrected chi connectivity index (χ3v) is 3.85. The average molecular weight is 281 g/mol. The van der Waals surface area contributed by atoms with Crippen LogP contribution >= 0.6 is 11.8 Å². The Hall–Kier alpha value is -0.770. The van der Waals surface area contributed by atoms with E-state index in [1.165, 1.54) is 0 Å². The summed E-state index contributed by atoms with van der Waals surface area (Å²) in [4.78, 5) is 9.26. The Morgan fingerprint density at radius 2 is 1.89 bits per heavy atom. The lowest BCUT2D eigenvalue weighted by molar-refractivity contribution is 0.632. The molecule has 0 aliphatic heterocycles. The number of thioether (sulfide) groups is 1. The van der Waals surface area contributed by atoms with E-state index < -0.39 is 0 Å². The second kappa shape index (κ2) is 8.41. The number of rotatable bonds is 8. The topological polar surface area (TPSA) is 37.8 Å². The Morgan fingerprint density at radius 3 is 2.47 bits per heavy atom. The minimum atomic E-state index is 0.626. The van der Waals surface area contributed by atoms with Crippen LogP contribution in [0.3, 0.4) is 0 Å². The van der Waals surface area contributed by atoms with E-state index in [1.807, 2.05) is 11.8 Å². The lowest BCUT2D eigenvalue weighted by atomic mass is 10.1. The molecule has 4 heteroatoms. The highest BCUT2D eigenvalue weighted by atomic mass is 32.2. The van der Waals surface area contributed by atoms with Gasteiger partial charge in [-0.15, -0.1) is 0 Å². The minimum Gasteiger partial charge on any atom is -0.370 e. The minimum absolute atomic E-state index is 0.626. The summed E-state index contributed by atoms with van der Waals surface area (Å²) in [6, 6.07) is 2.08. The van der Waals surface area contributed by atoms with Crippen molar-refractivity contribution in [3.8, 4) is 0 Å². The molecule has 0 atom stereocenters. The maximum absolute atomic E-state index is 4.68. The van der Waals surface area contributed by atoms with Gasteiger partial charge in [0.05, 0.1) is 5.75 Å². The molecule has 0 saturated carbocycles. The first-order chi connectivity index (χ1) is 9.01. The van der Waals surface area contributed by atoms with E-state index in [2.05, 4.69) is 56.0 Å². The molecule has 0 aromatic carbocycles. The summed E-state index contributed by atoms with van der Waals surface area (Å²) in [6.45, 7) is 11.9. The van der Waals surface area contributed by atoms with Gasteiger partial charge in [-0.2, -0.15) is 11.8 Å². The lowest BCUT2D eigenvalue weighted by Gasteiger charge is -2.11. The summed E-state index contributed by atoms with van der Waals surface area (Å²) in [5, 5.41) is 3.30. The highest BCUT2D eigenvalue weighted by molar-refractivity contribution is 7.98. The average Bonchev–Trinajstić information content (AvgIpc) is 2.27. The predicted molar refractivity (Wildman–Crippen MR) is 85.7 cm³/mol. The number of nitrogens with one attached hydrogen (secondary N) is 1. The van der Waals surface area contributed by atoms with Crippen molar-refractivity contribution in [2.45, 2.75) is 46.8 Å². The molecule has 0 saturated heterocycles. The molecule has 0 bridgehead atoms. The Kier molecular flexibility index (Phi) is 7.21. The normalized spacial score (nSPS) is 11.3. The first kappa shape index (κ1) is 16.3. The third-order valence-electron chi connectivity index (χ3n) is 2.48. The smallest absolute Gasteiger partial charge is 0.140 e. The Labute approximate surface area is 122 Å². The van der Waals surface area contributed by atoms with Crippen molar-refractivity contribution in [2.75, 3.05) is 17.6 Å². The van der Waals surface area contributed by atoms with Crippen LogP contribution in [0.15, 0.2) is 6.07 Å². The fraction of sp³-hybridized carbons (Fsp3) is 0.733. The molecule has 0 amide bonds. The van der Waals surface area contributed by atoms with Crippen LogP contribution < -0.4 is 5.32 Å². The third kappa shape index (κ3) is 6.81. The molecule has 19 heavy (non-hydrogen) atoms. The van der Waals surface area contributed by atoms with Gasteiger partial charge in [-0.05, 0) is 30.9 Å². The van der Waals surface area contributed by atoms with Crippen molar-refractivity contribution in [1.82, 2.24) is 9.97 Å². The first-order valence-corrected chi connectivity index (χ1v) is 8.35. The highest BCUT2D eigenvalue weighted by Crippen LogP contribution is 2.16. The van der Waals surface area contributed by atoms with Crippen molar-refractivity contribution in [1.29, 1.82) is 0 Å². The van der Waals surface area contributed by atoms with Gasteiger partial charge in [-0.25, -0.2) is 9.97 Å². The molecule has 1 aromatic rings. The zero-order valence-electron chi connectivity index (χ0n) is 12.9. The van der Waals surface area contributed by atoms with Crippen molar-refractivity contribution < 1.29 is 0 Å². The second-order valence-corrected chi connectivity index (χ2v) is 6.73. The molecule has 0 fully saturated rings. The Bertz CT molecular complexity index is 378. The summed E-state index contributed by atoms with van der Waals surface area (Å²) in [7, 11) is 0. The van der Waals surface area contributed by atoms with Gasteiger partial charge in [0.15, 0.2) is 0 Å². The van der Waals surface area contributed by atoms with E-state index in [-0.39, 0.29) is 0 Å². The number of hydrogen-bond donors (Lipinski definition) is 1. The van der Waals surface area contributed by atoms with Crippen LogP contribution in [0, 0.1) is 11.8 Å². The van der Waals surface area contributed by atoms with E-state index in [1.54, 1.807) is 0 Å². The maximum Gasteiger partial charge on any atom is 0.140 e. The van der Waals surface area contributed by atoms with Crippen molar-refractivity contribution in [2.24, 2.45) is 11.8 Å². The van der Waals surface area contributed by atoms with E-state index in [4.69, 9.17) is 0 Å². The van der Waals surface area contributed by atoms with Crippen molar-refractivity contribution in [3.63, 3.8) is 0 Å². The molecular weight excluding hydrogens is 254 g/mol. The molecule has 0 radical (unpaired) electrons. The molecule has 0 spiro atoms. The van der Waals surface area contributed by atoms with Gasteiger partial charge in [0.1, 0.15) is 11.6 Å². The Morgan fingerprint density at radius 1 is 1.16 bits per heavy atom. The van der Waals surface area contributed by atoms with Crippen LogP contribution in [0.4, 0.5) is 5.82 Å². The molecule has 0 aliphatic rings. The van der Waals surface area contributed by atoms with E-state index in [0.717, 1.165) is 47.7 Å². The SMILES string of the molecule is CCNc1cc(CC(C)C)nc(CSCC(C)C)n1. The van der Waals surface area contributed by atoms with Gasteiger partial charge >= 0.3 is 0 Å². The fourth-order valence-corrected chi connectivity index (χ4v) is 2.70. The quantitative estimate of drug-likeness (QED) is 0.781. The number of hydrogen-bond acceptors (Lipinski definition) is 4. The van der Waals surface area contributed by atoms with Crippen LogP contribution in [-0.2, 0) is 12.2 Å². The number of aromatic nitrogens is 2. The number of nitrogens with zero attached hydrogens (tertiary/aromatic N) is 2. The van der Waals surface area contributed by atoms with Gasteiger partial charge in [0.2, 0.25) is 0 Å². The van der Waals surface area contributed by atoms with Crippen molar-refractivity contribution >= 4 is 17.6 Å². The van der Waals surface area contributed by atoms with Gasteiger partial charge in [-0.1, -0.05) is 27.7 Å². The standard InChI is InChI=1S/C15H27N3S/c1-6-16-14-8-13(7-11(2)3)17-15(18-14)10-19-9-12(4)5/h8,11-12H,6-7,9-10H2,1-5H3,(H,16,17,18). The number of anilines is 1. The molecule has 3 nitrogen and oxygen atoms in total. The van der Waals surface area contributed by atoms with E-state index in [0.29, 0.717) is 5.92 Å². The molecular formula is C15H27N3S. The summed E-state index contributed by atoms with van der Waals surface area (Å²) >= 11 is 1.92. The van der Waals surface area contributed by atoms with Crippen LogP contribution in [0.2, 0.25) is 0 Å². The summed E-state index contributed by atoms with van der Waals surface area (Å²) in [5.41, 5.74) is 1.15. The first-order valence-electron chi connectivity index (χ1n) is 7.19. The van der Waals surface area contributed by atoms with E-state index >= 15 is 0 Å². The molecule has 1 rings (SSSR count). The highest BCUT2D eigenvalue weighted by Gasteiger charge is 2.07. The molecule has 108 valence electrons. The zero-order valence-corrected chi connectivity index (χ0v) is 13.7. The zero-order chi connectivity index (χ0) is 14.3. The van der Waals surface area contributed by atoms with Gasteiger partial charge in [0.25, 0.3) is 0 Å². The predicted octanol–water partition coefficient (Wildman–Crippen LogP) is 4.00. The lowest BCUT2D eigenvalue weighted by Crippen LogP contribution is -2.07. The van der Waals surface area contributed by atoms with Gasteiger partial charge < -0.3 is 5.32 Å². The van der Waals surface area contributed by atoms with Crippen molar-refractivity contribution in [3.05, 3.63) is 17.6 Å². The molecule has 1 aromatic heterocycles. The summed E-state index contributed by atoms with van der Waals surface area (Å²) in [6.07, 6.45) is 1.02. The molecule has 0 unspecified atom stereocenters. The second-order valence-electron chi connectivity index (χ2n) is 5.70. The molecule has 0 aliphatic carbocycles. The van der Waals surface area contributed by atoms with Crippen LogP contribution in [0.5, 0.6) is 0 Å². The summed E-state index contributed by atoms with van der Waals surface area (Å²) < 4.78 is 0. The van der Waals surface area contributed by atoms with E-state index in [9.17, 15) is 0 Å². The Balaban J connectivity index is 2.74. The summed E-state index contributed by atoms with van der Waals surface area (Å²) in [5.74, 6) is 5.34. The van der Waals surface area contributed by atoms with Gasteiger partial charge in [0, 0.05) is 18.3 Å². The van der Waals surface area contributed by atoms with Crippen LogP contribution in [-0.4, -0.2) is 22.3 Å². The molecule has 1 heterocycles. The maximum atomic E-state index is 4.68. The van der Waals surface area contributed by atoms with Crippen LogP contribution in [0.1, 0.15) is 46.1 Å². The fourth-order valence-electron chi connectivity index (χ4n) is 1.80. The monoisotopic (exact) mass is 281 g/mol.